The first-order chi connectivity index (χ1) is 9.35. The maximum Gasteiger partial charge on any atom is 0.329 e. The summed E-state index contributed by atoms with van der Waals surface area (Å²) >= 11 is 0. The summed E-state index contributed by atoms with van der Waals surface area (Å²) in [5.74, 6) is 0.908. The van der Waals surface area contributed by atoms with E-state index in [1.165, 1.54) is 6.20 Å². The fourth-order valence-electron chi connectivity index (χ4n) is 1.73. The van der Waals surface area contributed by atoms with Crippen LogP contribution in [-0.4, -0.2) is 53.5 Å². The normalized spacial score (nSPS) is 12.6. The minimum Gasteiger partial charge on any atom is -0.360 e. The summed E-state index contributed by atoms with van der Waals surface area (Å²) < 4.78 is 0. The third-order valence-electron chi connectivity index (χ3n) is 2.88. The third-order valence-corrected chi connectivity index (χ3v) is 2.88. The van der Waals surface area contributed by atoms with Gasteiger partial charge < -0.3 is 15.5 Å². The molecule has 2 N–H and O–H groups in total. The van der Waals surface area contributed by atoms with Gasteiger partial charge in [0.15, 0.2) is 0 Å². The lowest BCUT2D eigenvalue weighted by atomic mass is 10.0. The van der Waals surface area contributed by atoms with Crippen molar-refractivity contribution < 1.29 is 4.92 Å². The molecular formula is C12H22N6O2. The number of aromatic nitrogens is 2. The summed E-state index contributed by atoms with van der Waals surface area (Å²) in [6.45, 7) is 4.88. The number of hydrogen-bond donors (Lipinski definition) is 2. The molecule has 0 aromatic carbocycles. The highest BCUT2D eigenvalue weighted by Gasteiger charge is 2.22. The molecule has 1 aromatic rings. The third kappa shape index (κ3) is 4.30. The molecule has 0 spiro atoms. The van der Waals surface area contributed by atoms with E-state index in [2.05, 4.69) is 34.4 Å². The van der Waals surface area contributed by atoms with Crippen molar-refractivity contribution in [3.63, 3.8) is 0 Å². The maximum atomic E-state index is 11.0. The average Bonchev–Trinajstić information content (AvgIpc) is 2.36. The Morgan fingerprint density at radius 1 is 1.45 bits per heavy atom. The van der Waals surface area contributed by atoms with E-state index in [0.29, 0.717) is 11.9 Å². The zero-order valence-corrected chi connectivity index (χ0v) is 12.5. The summed E-state index contributed by atoms with van der Waals surface area (Å²) in [5, 5.41) is 17.0. The van der Waals surface area contributed by atoms with Crippen molar-refractivity contribution in [3.8, 4) is 0 Å². The Morgan fingerprint density at radius 3 is 2.55 bits per heavy atom. The Hall–Kier alpha value is -1.96. The van der Waals surface area contributed by atoms with Gasteiger partial charge in [0.1, 0.15) is 6.20 Å². The highest BCUT2D eigenvalue weighted by atomic mass is 16.6. The molecule has 0 fully saturated rings. The van der Waals surface area contributed by atoms with Crippen LogP contribution in [0.1, 0.15) is 13.8 Å². The second-order valence-electron chi connectivity index (χ2n) is 5.19. The lowest BCUT2D eigenvalue weighted by Crippen LogP contribution is -2.37. The smallest absolute Gasteiger partial charge is 0.329 e. The predicted molar refractivity (Wildman–Crippen MR) is 79.0 cm³/mol. The average molecular weight is 282 g/mol. The molecule has 0 aliphatic rings. The van der Waals surface area contributed by atoms with Gasteiger partial charge in [-0.3, -0.25) is 10.1 Å². The van der Waals surface area contributed by atoms with Crippen molar-refractivity contribution in [3.05, 3.63) is 16.3 Å². The van der Waals surface area contributed by atoms with Gasteiger partial charge in [0.2, 0.25) is 11.8 Å². The van der Waals surface area contributed by atoms with Crippen molar-refractivity contribution in [2.75, 3.05) is 38.3 Å². The largest absolute Gasteiger partial charge is 0.360 e. The number of nitrogens with zero attached hydrogens (tertiary/aromatic N) is 4. The van der Waals surface area contributed by atoms with Gasteiger partial charge in [0, 0.05) is 19.6 Å². The van der Waals surface area contributed by atoms with Gasteiger partial charge >= 0.3 is 5.69 Å². The van der Waals surface area contributed by atoms with E-state index in [0.717, 1.165) is 6.54 Å². The molecule has 20 heavy (non-hydrogen) atoms. The molecule has 1 heterocycles. The fraction of sp³-hybridized carbons (Fsp3) is 0.667. The number of likely N-dealkylation sites (N-methyl/N-ethyl adjacent to an activating group) is 1. The molecule has 0 saturated heterocycles. The van der Waals surface area contributed by atoms with Crippen LogP contribution in [0.5, 0.6) is 0 Å². The van der Waals surface area contributed by atoms with Crippen molar-refractivity contribution in [1.29, 1.82) is 0 Å². The first-order valence-corrected chi connectivity index (χ1v) is 6.45. The topological polar surface area (TPSA) is 96.2 Å². The van der Waals surface area contributed by atoms with Gasteiger partial charge in [-0.05, 0) is 20.0 Å². The Labute approximate surface area is 118 Å². The molecule has 1 unspecified atom stereocenters. The molecule has 0 saturated carbocycles. The molecule has 8 heteroatoms. The minimum absolute atomic E-state index is 0.0586. The van der Waals surface area contributed by atoms with Crippen LogP contribution in [0.25, 0.3) is 0 Å². The van der Waals surface area contributed by atoms with Crippen LogP contribution in [-0.2, 0) is 0 Å². The Balaban J connectivity index is 3.05. The minimum atomic E-state index is -0.477. The van der Waals surface area contributed by atoms with Gasteiger partial charge in [-0.15, -0.1) is 0 Å². The van der Waals surface area contributed by atoms with E-state index in [1.807, 2.05) is 19.0 Å². The monoisotopic (exact) mass is 282 g/mol. The van der Waals surface area contributed by atoms with Crippen LogP contribution in [0.3, 0.4) is 0 Å². The van der Waals surface area contributed by atoms with E-state index in [1.54, 1.807) is 7.05 Å². The van der Waals surface area contributed by atoms with E-state index >= 15 is 0 Å². The summed E-state index contributed by atoms with van der Waals surface area (Å²) in [4.78, 5) is 20.6. The molecule has 1 aromatic heterocycles. The molecule has 112 valence electrons. The summed E-state index contributed by atoms with van der Waals surface area (Å²) in [7, 11) is 5.60. The Kier molecular flexibility index (Phi) is 5.63. The quantitative estimate of drug-likeness (QED) is 0.576. The lowest BCUT2D eigenvalue weighted by Gasteiger charge is -2.25. The number of anilines is 2. The molecule has 1 atom stereocenters. The summed E-state index contributed by atoms with van der Waals surface area (Å²) in [6.07, 6.45) is 1.22. The second-order valence-corrected chi connectivity index (χ2v) is 5.19. The zero-order valence-electron chi connectivity index (χ0n) is 12.5. The van der Waals surface area contributed by atoms with Crippen LogP contribution in [0.4, 0.5) is 17.5 Å². The number of nitro groups is 1. The van der Waals surface area contributed by atoms with Gasteiger partial charge in [-0.1, -0.05) is 13.8 Å². The molecule has 1 rings (SSSR count). The van der Waals surface area contributed by atoms with Crippen LogP contribution in [0, 0.1) is 16.0 Å². The van der Waals surface area contributed by atoms with Crippen LogP contribution >= 0.6 is 0 Å². The first-order valence-electron chi connectivity index (χ1n) is 6.45. The van der Waals surface area contributed by atoms with E-state index in [-0.39, 0.29) is 17.5 Å². The molecule has 8 nitrogen and oxygen atoms in total. The van der Waals surface area contributed by atoms with Gasteiger partial charge in [-0.25, -0.2) is 4.98 Å². The molecular weight excluding hydrogens is 260 g/mol. The number of rotatable bonds is 7. The highest BCUT2D eigenvalue weighted by molar-refractivity contribution is 5.57. The molecule has 0 bridgehead atoms. The molecule has 0 amide bonds. The van der Waals surface area contributed by atoms with E-state index in [4.69, 9.17) is 0 Å². The van der Waals surface area contributed by atoms with Gasteiger partial charge in [-0.2, -0.15) is 4.98 Å². The van der Waals surface area contributed by atoms with E-state index in [9.17, 15) is 10.1 Å². The van der Waals surface area contributed by atoms with Crippen molar-refractivity contribution in [2.45, 2.75) is 19.9 Å². The van der Waals surface area contributed by atoms with Gasteiger partial charge in [0.05, 0.1) is 4.92 Å². The first kappa shape index (κ1) is 16.1. The zero-order chi connectivity index (χ0) is 15.3. The fourth-order valence-corrected chi connectivity index (χ4v) is 1.73. The number of hydrogen-bond acceptors (Lipinski definition) is 7. The number of nitrogens with one attached hydrogen (secondary N) is 2. The van der Waals surface area contributed by atoms with Crippen LogP contribution in [0.15, 0.2) is 6.20 Å². The molecule has 0 aliphatic heterocycles. The Bertz CT molecular complexity index is 463. The van der Waals surface area contributed by atoms with Gasteiger partial charge in [0.25, 0.3) is 0 Å². The SMILES string of the molecule is CNc1ncc([N+](=O)[O-])c(NC(CN(C)C)C(C)C)n1. The van der Waals surface area contributed by atoms with Crippen LogP contribution < -0.4 is 10.6 Å². The van der Waals surface area contributed by atoms with Crippen LogP contribution in [0.2, 0.25) is 0 Å². The summed E-state index contributed by atoms with van der Waals surface area (Å²) in [6, 6.07) is 0.0586. The van der Waals surface area contributed by atoms with E-state index < -0.39 is 4.92 Å². The lowest BCUT2D eigenvalue weighted by molar-refractivity contribution is -0.384. The standard InChI is InChI=1S/C12H22N6O2/c1-8(2)9(7-17(4)5)15-11-10(18(19)20)6-14-12(13-3)16-11/h6,8-9H,7H2,1-5H3,(H2,13,14,15,16). The second kappa shape index (κ2) is 6.99. The van der Waals surface area contributed by atoms with Crippen molar-refractivity contribution in [1.82, 2.24) is 14.9 Å². The summed E-state index contributed by atoms with van der Waals surface area (Å²) in [5.41, 5.74) is -0.117. The highest BCUT2D eigenvalue weighted by Crippen LogP contribution is 2.24. The molecule has 0 aliphatic carbocycles. The predicted octanol–water partition coefficient (Wildman–Crippen LogP) is 1.42. The Morgan fingerprint density at radius 2 is 2.10 bits per heavy atom. The van der Waals surface area contributed by atoms with Crippen molar-refractivity contribution in [2.24, 2.45) is 5.92 Å². The van der Waals surface area contributed by atoms with Crippen molar-refractivity contribution >= 4 is 17.5 Å². The maximum absolute atomic E-state index is 11.0. The molecule has 0 radical (unpaired) electrons.